The summed E-state index contributed by atoms with van der Waals surface area (Å²) in [4.78, 5) is 28.0. The maximum Gasteiger partial charge on any atom is 0.242 e. The number of hydrogen-bond donors (Lipinski definition) is 1. The molecule has 0 aliphatic heterocycles. The highest BCUT2D eigenvalue weighted by molar-refractivity contribution is 9.10. The van der Waals surface area contributed by atoms with Gasteiger partial charge in [0.25, 0.3) is 0 Å². The SMILES string of the molecule is C[C@H](C(=O)NC1CCCCC1)N(Cc1ccc(Br)cc1)C(=O)CSCc1c(Cl)cccc1Cl. The average Bonchev–Trinajstić information content (AvgIpc) is 2.80. The van der Waals surface area contributed by atoms with Gasteiger partial charge in [-0.15, -0.1) is 11.8 Å². The molecule has 0 radical (unpaired) electrons. The van der Waals surface area contributed by atoms with Gasteiger partial charge in [-0.1, -0.05) is 76.6 Å². The molecule has 1 N–H and O–H groups in total. The zero-order valence-electron chi connectivity index (χ0n) is 18.7. The van der Waals surface area contributed by atoms with E-state index in [0.717, 1.165) is 41.3 Å². The van der Waals surface area contributed by atoms with Crippen molar-refractivity contribution in [1.29, 1.82) is 0 Å². The van der Waals surface area contributed by atoms with Gasteiger partial charge in [-0.05, 0) is 55.2 Å². The number of nitrogens with one attached hydrogen (secondary N) is 1. The standard InChI is InChI=1S/C25H29BrCl2N2O2S/c1-17(25(32)29-20-6-3-2-4-7-20)30(14-18-10-12-19(26)13-11-18)24(31)16-33-15-21-22(27)8-5-9-23(21)28/h5,8-13,17,20H,2-4,6-7,14-16H2,1H3,(H,29,32)/t17-/m1/s1. The molecular weight excluding hydrogens is 543 g/mol. The average molecular weight is 572 g/mol. The Hall–Kier alpha value is -1.21. The summed E-state index contributed by atoms with van der Waals surface area (Å²) in [7, 11) is 0. The zero-order chi connectivity index (χ0) is 23.8. The lowest BCUT2D eigenvalue weighted by Gasteiger charge is -2.31. The first-order valence-electron chi connectivity index (χ1n) is 11.2. The normalized spacial score (nSPS) is 15.2. The summed E-state index contributed by atoms with van der Waals surface area (Å²) < 4.78 is 0.972. The highest BCUT2D eigenvalue weighted by atomic mass is 79.9. The quantitative estimate of drug-likeness (QED) is 0.358. The van der Waals surface area contributed by atoms with Gasteiger partial charge >= 0.3 is 0 Å². The third-order valence-corrected chi connectivity index (χ3v) is 8.10. The number of amides is 2. The van der Waals surface area contributed by atoms with Crippen LogP contribution in [0.25, 0.3) is 0 Å². The van der Waals surface area contributed by atoms with Crippen molar-refractivity contribution in [2.75, 3.05) is 5.75 Å². The molecule has 8 heteroatoms. The molecule has 33 heavy (non-hydrogen) atoms. The lowest BCUT2D eigenvalue weighted by molar-refractivity contribution is -0.139. The Bertz CT molecular complexity index is 932. The van der Waals surface area contributed by atoms with Crippen LogP contribution >= 0.6 is 50.9 Å². The van der Waals surface area contributed by atoms with E-state index in [1.165, 1.54) is 18.2 Å². The fraction of sp³-hybridized carbons (Fsp3) is 0.440. The molecule has 2 aromatic rings. The molecule has 0 aromatic heterocycles. The summed E-state index contributed by atoms with van der Waals surface area (Å²) in [5, 5.41) is 4.35. The first kappa shape index (κ1) is 26.4. The Morgan fingerprint density at radius 2 is 1.73 bits per heavy atom. The van der Waals surface area contributed by atoms with Gasteiger partial charge in [-0.3, -0.25) is 9.59 Å². The van der Waals surface area contributed by atoms with E-state index in [1.54, 1.807) is 23.1 Å². The van der Waals surface area contributed by atoms with Crippen molar-refractivity contribution in [2.45, 2.75) is 63.4 Å². The van der Waals surface area contributed by atoms with E-state index in [1.807, 2.05) is 31.2 Å². The number of nitrogens with zero attached hydrogens (tertiary/aromatic N) is 1. The third-order valence-electron chi connectivity index (χ3n) is 5.92. The highest BCUT2D eigenvalue weighted by Crippen LogP contribution is 2.28. The van der Waals surface area contributed by atoms with Gasteiger partial charge in [-0.2, -0.15) is 0 Å². The molecule has 0 saturated heterocycles. The third kappa shape index (κ3) is 7.91. The topological polar surface area (TPSA) is 49.4 Å². The minimum Gasteiger partial charge on any atom is -0.352 e. The van der Waals surface area contributed by atoms with Crippen LogP contribution in [0.2, 0.25) is 10.0 Å². The van der Waals surface area contributed by atoms with Crippen LogP contribution in [-0.4, -0.2) is 34.6 Å². The van der Waals surface area contributed by atoms with E-state index >= 15 is 0 Å². The maximum absolute atomic E-state index is 13.3. The van der Waals surface area contributed by atoms with Crippen LogP contribution in [-0.2, 0) is 21.9 Å². The molecule has 1 aliphatic rings. The van der Waals surface area contributed by atoms with Crippen LogP contribution in [0.5, 0.6) is 0 Å². The fourth-order valence-corrected chi connectivity index (χ4v) is 5.84. The van der Waals surface area contributed by atoms with Gasteiger partial charge in [0.2, 0.25) is 11.8 Å². The van der Waals surface area contributed by atoms with E-state index < -0.39 is 6.04 Å². The molecule has 1 fully saturated rings. The van der Waals surface area contributed by atoms with E-state index in [0.29, 0.717) is 22.3 Å². The lowest BCUT2D eigenvalue weighted by Crippen LogP contribution is -2.50. The van der Waals surface area contributed by atoms with Crippen molar-refractivity contribution < 1.29 is 9.59 Å². The summed E-state index contributed by atoms with van der Waals surface area (Å²) in [5.74, 6) is 0.585. The number of carbonyl (C=O) groups excluding carboxylic acids is 2. The molecule has 3 rings (SSSR count). The predicted octanol–water partition coefficient (Wildman–Crippen LogP) is 6.86. The molecule has 1 atom stereocenters. The molecule has 0 unspecified atom stereocenters. The maximum atomic E-state index is 13.3. The van der Waals surface area contributed by atoms with E-state index in [-0.39, 0.29) is 23.6 Å². The number of benzene rings is 2. The Balaban J connectivity index is 1.67. The Morgan fingerprint density at radius 3 is 2.36 bits per heavy atom. The predicted molar refractivity (Wildman–Crippen MR) is 142 cm³/mol. The second kappa shape index (κ2) is 13.0. The first-order chi connectivity index (χ1) is 15.8. The van der Waals surface area contributed by atoms with Crippen molar-refractivity contribution in [3.8, 4) is 0 Å². The summed E-state index contributed by atoms with van der Waals surface area (Å²) in [6, 6.07) is 12.8. The van der Waals surface area contributed by atoms with Gasteiger partial charge in [0.1, 0.15) is 6.04 Å². The molecule has 178 valence electrons. The second-order valence-electron chi connectivity index (χ2n) is 8.36. The first-order valence-corrected chi connectivity index (χ1v) is 13.9. The van der Waals surface area contributed by atoms with Crippen LogP contribution in [0.3, 0.4) is 0 Å². The molecular formula is C25H29BrCl2N2O2S. The largest absolute Gasteiger partial charge is 0.352 e. The summed E-state index contributed by atoms with van der Waals surface area (Å²) in [5.41, 5.74) is 1.80. The summed E-state index contributed by atoms with van der Waals surface area (Å²) in [6.45, 7) is 2.18. The van der Waals surface area contributed by atoms with Gasteiger partial charge in [-0.25, -0.2) is 0 Å². The summed E-state index contributed by atoms with van der Waals surface area (Å²) in [6.07, 6.45) is 5.52. The van der Waals surface area contributed by atoms with Crippen LogP contribution in [0.15, 0.2) is 46.9 Å². The molecule has 0 heterocycles. The van der Waals surface area contributed by atoms with Crippen molar-refractivity contribution in [1.82, 2.24) is 10.2 Å². The number of thioether (sulfide) groups is 1. The Kier molecular flexibility index (Phi) is 10.4. The van der Waals surface area contributed by atoms with Gasteiger partial charge in [0, 0.05) is 32.9 Å². The van der Waals surface area contributed by atoms with Crippen molar-refractivity contribution in [2.24, 2.45) is 0 Å². The van der Waals surface area contributed by atoms with Crippen LogP contribution in [0.4, 0.5) is 0 Å². The second-order valence-corrected chi connectivity index (χ2v) is 11.1. The number of rotatable bonds is 9. The molecule has 4 nitrogen and oxygen atoms in total. The van der Waals surface area contributed by atoms with E-state index in [4.69, 9.17) is 23.2 Å². The minimum atomic E-state index is -0.562. The van der Waals surface area contributed by atoms with Crippen LogP contribution in [0.1, 0.15) is 50.2 Å². The number of carbonyl (C=O) groups is 2. The Morgan fingerprint density at radius 1 is 1.09 bits per heavy atom. The molecule has 1 saturated carbocycles. The Labute approximate surface area is 218 Å². The summed E-state index contributed by atoms with van der Waals surface area (Å²) >= 11 is 17.4. The van der Waals surface area contributed by atoms with Crippen LogP contribution < -0.4 is 5.32 Å². The van der Waals surface area contributed by atoms with E-state index in [2.05, 4.69) is 21.2 Å². The van der Waals surface area contributed by atoms with Crippen molar-refractivity contribution in [3.63, 3.8) is 0 Å². The highest BCUT2D eigenvalue weighted by Gasteiger charge is 2.28. The van der Waals surface area contributed by atoms with Crippen LogP contribution in [0, 0.1) is 0 Å². The van der Waals surface area contributed by atoms with Gasteiger partial charge in [0.15, 0.2) is 0 Å². The molecule has 0 bridgehead atoms. The minimum absolute atomic E-state index is 0.0858. The fourth-order valence-electron chi connectivity index (χ4n) is 3.93. The zero-order valence-corrected chi connectivity index (χ0v) is 22.6. The molecule has 1 aliphatic carbocycles. The van der Waals surface area contributed by atoms with Crippen molar-refractivity contribution >= 4 is 62.7 Å². The smallest absolute Gasteiger partial charge is 0.242 e. The molecule has 0 spiro atoms. The lowest BCUT2D eigenvalue weighted by atomic mass is 9.95. The number of hydrogen-bond acceptors (Lipinski definition) is 3. The van der Waals surface area contributed by atoms with Gasteiger partial charge in [0.05, 0.1) is 5.75 Å². The van der Waals surface area contributed by atoms with Crippen molar-refractivity contribution in [3.05, 3.63) is 68.1 Å². The monoisotopic (exact) mass is 570 g/mol. The molecule has 2 amide bonds. The van der Waals surface area contributed by atoms with E-state index in [9.17, 15) is 9.59 Å². The van der Waals surface area contributed by atoms with Gasteiger partial charge < -0.3 is 10.2 Å². The number of halogens is 3. The molecule has 2 aromatic carbocycles.